The number of hydrogen-bond donors (Lipinski definition) is 0. The van der Waals surface area contributed by atoms with E-state index >= 15 is 0 Å². The minimum Gasteiger partial charge on any atom is -0.497 e. The van der Waals surface area contributed by atoms with Gasteiger partial charge in [0.25, 0.3) is 5.91 Å². The quantitative estimate of drug-likeness (QED) is 0.824. The van der Waals surface area contributed by atoms with E-state index in [9.17, 15) is 22.0 Å². The first-order valence-corrected chi connectivity index (χ1v) is 8.10. The number of nitrogens with zero attached hydrogens (tertiary/aromatic N) is 1. The van der Waals surface area contributed by atoms with Gasteiger partial charge in [0.05, 0.1) is 12.9 Å². The minimum absolute atomic E-state index is 0.0478. The van der Waals surface area contributed by atoms with Crippen molar-refractivity contribution in [3.8, 4) is 5.75 Å². The second-order valence-corrected chi connectivity index (χ2v) is 7.01. The summed E-state index contributed by atoms with van der Waals surface area (Å²) >= 11 is 0. The van der Waals surface area contributed by atoms with Gasteiger partial charge in [-0.3, -0.25) is 4.79 Å². The smallest absolute Gasteiger partial charge is 0.259 e. The van der Waals surface area contributed by atoms with Crippen molar-refractivity contribution in [2.45, 2.75) is 13.0 Å². The molecule has 1 aromatic carbocycles. The molecule has 0 bridgehead atoms. The number of halogens is 2. The first-order chi connectivity index (χ1) is 9.56. The third kappa shape index (κ3) is 4.38. The Bertz CT molecular complexity index is 623. The van der Waals surface area contributed by atoms with Crippen LogP contribution in [-0.4, -0.2) is 51.4 Å². The largest absolute Gasteiger partial charge is 0.497 e. The normalized spacial score (nSPS) is 12.9. The summed E-state index contributed by atoms with van der Waals surface area (Å²) in [5.74, 6) is -3.39. The Morgan fingerprint density at radius 1 is 1.33 bits per heavy atom. The van der Waals surface area contributed by atoms with Crippen molar-refractivity contribution in [2.75, 3.05) is 26.2 Å². The fraction of sp³-hybridized carbons (Fsp3) is 0.462. The molecule has 1 rings (SSSR count). The van der Waals surface area contributed by atoms with Gasteiger partial charge in [-0.25, -0.2) is 17.2 Å². The molecular formula is C13H17F2NO4S. The summed E-state index contributed by atoms with van der Waals surface area (Å²) in [6.45, 7) is 1.48. The highest BCUT2D eigenvalue weighted by molar-refractivity contribution is 7.90. The van der Waals surface area contributed by atoms with Crippen LogP contribution in [0.15, 0.2) is 12.1 Å². The van der Waals surface area contributed by atoms with Crippen molar-refractivity contribution in [2.24, 2.45) is 0 Å². The summed E-state index contributed by atoms with van der Waals surface area (Å²) < 4.78 is 54.8. The van der Waals surface area contributed by atoms with Crippen LogP contribution >= 0.6 is 0 Å². The number of carbonyl (C=O) groups is 1. The zero-order valence-corrected chi connectivity index (χ0v) is 13.0. The van der Waals surface area contributed by atoms with Gasteiger partial charge >= 0.3 is 0 Å². The summed E-state index contributed by atoms with van der Waals surface area (Å²) in [5, 5.41) is 0. The predicted octanol–water partition coefficient (Wildman–Crippen LogP) is 1.48. The molecule has 0 N–H and O–H groups in total. The average molecular weight is 321 g/mol. The topological polar surface area (TPSA) is 63.7 Å². The molecule has 0 saturated carbocycles. The second kappa shape index (κ2) is 6.38. The first kappa shape index (κ1) is 17.4. The standard InChI is InChI=1S/C13H17F2NO4S/c1-8(7-21(4,18)19)16(2)13(17)12-10(14)5-9(20-3)6-11(12)15/h5-6,8H,7H2,1-4H3. The van der Waals surface area contributed by atoms with Crippen LogP contribution in [0.4, 0.5) is 8.78 Å². The molecule has 5 nitrogen and oxygen atoms in total. The Hall–Kier alpha value is -1.70. The molecule has 0 aromatic heterocycles. The minimum atomic E-state index is -3.32. The Kier molecular flexibility index (Phi) is 5.27. The molecule has 1 aromatic rings. The van der Waals surface area contributed by atoms with E-state index in [4.69, 9.17) is 4.74 Å². The molecule has 1 atom stereocenters. The Labute approximate surface area is 122 Å². The number of amides is 1. The van der Waals surface area contributed by atoms with E-state index in [1.165, 1.54) is 21.1 Å². The highest BCUT2D eigenvalue weighted by Gasteiger charge is 2.26. The maximum Gasteiger partial charge on any atom is 0.259 e. The van der Waals surface area contributed by atoms with Crippen LogP contribution in [0.5, 0.6) is 5.75 Å². The number of sulfone groups is 1. The van der Waals surface area contributed by atoms with Crippen LogP contribution in [0.25, 0.3) is 0 Å². The van der Waals surface area contributed by atoms with Crippen LogP contribution in [-0.2, 0) is 9.84 Å². The Morgan fingerprint density at radius 2 is 1.81 bits per heavy atom. The average Bonchev–Trinajstić information content (AvgIpc) is 2.34. The predicted molar refractivity (Wildman–Crippen MR) is 74.2 cm³/mol. The lowest BCUT2D eigenvalue weighted by atomic mass is 10.1. The molecule has 8 heteroatoms. The zero-order valence-electron chi connectivity index (χ0n) is 12.2. The van der Waals surface area contributed by atoms with Gasteiger partial charge in [0.15, 0.2) is 0 Å². The van der Waals surface area contributed by atoms with E-state index in [-0.39, 0.29) is 11.5 Å². The van der Waals surface area contributed by atoms with Crippen molar-refractivity contribution in [1.29, 1.82) is 0 Å². The SMILES string of the molecule is COc1cc(F)c(C(=O)N(C)C(C)CS(C)(=O)=O)c(F)c1. The summed E-state index contributed by atoms with van der Waals surface area (Å²) in [7, 11) is -0.777. The van der Waals surface area contributed by atoms with Gasteiger partial charge in [0.2, 0.25) is 0 Å². The lowest BCUT2D eigenvalue weighted by Gasteiger charge is -2.24. The number of carbonyl (C=O) groups excluding carboxylic acids is 1. The van der Waals surface area contributed by atoms with E-state index in [2.05, 4.69) is 0 Å². The van der Waals surface area contributed by atoms with Crippen LogP contribution in [0.2, 0.25) is 0 Å². The molecule has 118 valence electrons. The molecule has 1 unspecified atom stereocenters. The summed E-state index contributed by atoms with van der Waals surface area (Å²) in [4.78, 5) is 13.1. The van der Waals surface area contributed by atoms with E-state index < -0.39 is 39.0 Å². The van der Waals surface area contributed by atoms with Crippen molar-refractivity contribution >= 4 is 15.7 Å². The molecular weight excluding hydrogens is 304 g/mol. The van der Waals surface area contributed by atoms with Gasteiger partial charge in [-0.05, 0) is 6.92 Å². The van der Waals surface area contributed by atoms with E-state index in [0.29, 0.717) is 0 Å². The van der Waals surface area contributed by atoms with Gasteiger partial charge in [-0.15, -0.1) is 0 Å². The van der Waals surface area contributed by atoms with Gasteiger partial charge in [0.1, 0.15) is 32.8 Å². The third-order valence-corrected chi connectivity index (χ3v) is 4.08. The van der Waals surface area contributed by atoms with Crippen LogP contribution < -0.4 is 4.74 Å². The van der Waals surface area contributed by atoms with Crippen LogP contribution in [0.3, 0.4) is 0 Å². The monoisotopic (exact) mass is 321 g/mol. The van der Waals surface area contributed by atoms with E-state index in [0.717, 1.165) is 23.3 Å². The summed E-state index contributed by atoms with van der Waals surface area (Å²) in [5.41, 5.74) is -0.737. The number of methoxy groups -OCH3 is 1. The molecule has 1 amide bonds. The molecule has 0 spiro atoms. The molecule has 0 aliphatic heterocycles. The fourth-order valence-electron chi connectivity index (χ4n) is 1.80. The summed E-state index contributed by atoms with van der Waals surface area (Å²) in [6.07, 6.45) is 1.02. The molecule has 0 radical (unpaired) electrons. The van der Waals surface area contributed by atoms with Gasteiger partial charge in [-0.1, -0.05) is 0 Å². The number of hydrogen-bond acceptors (Lipinski definition) is 4. The molecule has 0 fully saturated rings. The third-order valence-electron chi connectivity index (χ3n) is 2.99. The lowest BCUT2D eigenvalue weighted by molar-refractivity contribution is 0.0747. The van der Waals surface area contributed by atoms with E-state index in [1.54, 1.807) is 0 Å². The Morgan fingerprint density at radius 3 is 2.19 bits per heavy atom. The van der Waals surface area contributed by atoms with Crippen molar-refractivity contribution in [3.63, 3.8) is 0 Å². The number of benzene rings is 1. The van der Waals surface area contributed by atoms with Crippen LogP contribution in [0, 0.1) is 11.6 Å². The summed E-state index contributed by atoms with van der Waals surface area (Å²) in [6, 6.07) is 1.07. The number of rotatable bonds is 5. The Balaban J connectivity index is 3.09. The van der Waals surface area contributed by atoms with Crippen LogP contribution in [0.1, 0.15) is 17.3 Å². The zero-order chi connectivity index (χ0) is 16.4. The highest BCUT2D eigenvalue weighted by Crippen LogP contribution is 2.22. The molecule has 0 saturated heterocycles. The van der Waals surface area contributed by atoms with Crippen molar-refractivity contribution in [1.82, 2.24) is 4.90 Å². The second-order valence-electron chi connectivity index (χ2n) is 4.82. The first-order valence-electron chi connectivity index (χ1n) is 6.04. The molecule has 0 aliphatic carbocycles. The fourth-order valence-corrected chi connectivity index (χ4v) is 2.90. The van der Waals surface area contributed by atoms with Crippen molar-refractivity contribution < 1.29 is 26.7 Å². The van der Waals surface area contributed by atoms with Crippen molar-refractivity contribution in [3.05, 3.63) is 29.3 Å². The van der Waals surface area contributed by atoms with Gasteiger partial charge in [-0.2, -0.15) is 0 Å². The maximum atomic E-state index is 13.8. The van der Waals surface area contributed by atoms with Gasteiger partial charge in [0, 0.05) is 31.5 Å². The molecule has 21 heavy (non-hydrogen) atoms. The van der Waals surface area contributed by atoms with Gasteiger partial charge < -0.3 is 9.64 Å². The molecule has 0 heterocycles. The highest BCUT2D eigenvalue weighted by atomic mass is 32.2. The molecule has 0 aliphatic rings. The maximum absolute atomic E-state index is 13.8. The van der Waals surface area contributed by atoms with E-state index in [1.807, 2.05) is 0 Å². The number of ether oxygens (including phenoxy) is 1. The lowest BCUT2D eigenvalue weighted by Crippen LogP contribution is -2.40.